The average Bonchev–Trinajstić information content (AvgIpc) is 3.04. The standard InChI is InChI=1S/C21H34N4O3S/c1-19(20-10-6-5-7-11-20)22(2)21(26)18-23-14-16-25(17-15-23)29(27,28)24-12-8-3-4-9-13-24/h5-7,10-11,19H,3-4,8-9,12-18H2,1-2H3. The van der Waals surface area contributed by atoms with E-state index in [1.54, 1.807) is 13.5 Å². The lowest BCUT2D eigenvalue weighted by Gasteiger charge is -2.37. The molecule has 1 aromatic carbocycles. The lowest BCUT2D eigenvalue weighted by Crippen LogP contribution is -2.54. The molecule has 3 rings (SSSR count). The van der Waals surface area contributed by atoms with Gasteiger partial charge in [0.1, 0.15) is 0 Å². The first-order valence-corrected chi connectivity index (χ1v) is 12.1. The third-order valence-corrected chi connectivity index (χ3v) is 8.20. The van der Waals surface area contributed by atoms with Gasteiger partial charge in [0.15, 0.2) is 0 Å². The molecular formula is C21H34N4O3S. The zero-order valence-electron chi connectivity index (χ0n) is 17.7. The Hall–Kier alpha value is -1.48. The smallest absolute Gasteiger partial charge is 0.282 e. The van der Waals surface area contributed by atoms with E-state index >= 15 is 0 Å². The molecule has 2 saturated heterocycles. The molecule has 0 aromatic heterocycles. The fraction of sp³-hybridized carbons (Fsp3) is 0.667. The zero-order valence-corrected chi connectivity index (χ0v) is 18.5. The molecule has 1 aromatic rings. The molecule has 2 fully saturated rings. The normalized spacial score (nSPS) is 21.4. The second-order valence-corrected chi connectivity index (χ2v) is 10.0. The summed E-state index contributed by atoms with van der Waals surface area (Å²) in [6.07, 6.45) is 4.10. The van der Waals surface area contributed by atoms with Gasteiger partial charge in [0.25, 0.3) is 10.2 Å². The summed E-state index contributed by atoms with van der Waals surface area (Å²) < 4.78 is 29.1. The van der Waals surface area contributed by atoms with Crippen molar-refractivity contribution in [1.29, 1.82) is 0 Å². The number of benzene rings is 1. The highest BCUT2D eigenvalue weighted by Crippen LogP contribution is 2.20. The molecule has 1 amide bonds. The minimum atomic E-state index is -3.38. The molecule has 2 aliphatic heterocycles. The van der Waals surface area contributed by atoms with E-state index in [9.17, 15) is 13.2 Å². The highest BCUT2D eigenvalue weighted by molar-refractivity contribution is 7.86. The number of nitrogens with zero attached hydrogens (tertiary/aromatic N) is 4. The number of hydrogen-bond donors (Lipinski definition) is 0. The Bertz CT molecular complexity index is 755. The summed E-state index contributed by atoms with van der Waals surface area (Å²) in [6.45, 7) is 5.68. The Morgan fingerprint density at radius 3 is 2.07 bits per heavy atom. The number of rotatable bonds is 6. The van der Waals surface area contributed by atoms with Crippen LogP contribution in [0.1, 0.15) is 44.2 Å². The molecule has 1 atom stereocenters. The van der Waals surface area contributed by atoms with E-state index in [4.69, 9.17) is 0 Å². The fourth-order valence-corrected chi connectivity index (χ4v) is 5.70. The molecule has 8 heteroatoms. The lowest BCUT2D eigenvalue weighted by atomic mass is 10.1. The maximum Gasteiger partial charge on any atom is 0.282 e. The second kappa shape index (κ2) is 10.0. The third kappa shape index (κ3) is 5.57. The van der Waals surface area contributed by atoms with Crippen LogP contribution in [0.4, 0.5) is 0 Å². The van der Waals surface area contributed by atoms with Gasteiger partial charge in [0.2, 0.25) is 5.91 Å². The van der Waals surface area contributed by atoms with E-state index in [2.05, 4.69) is 4.90 Å². The molecule has 0 saturated carbocycles. The van der Waals surface area contributed by atoms with E-state index in [0.717, 1.165) is 31.2 Å². The molecule has 29 heavy (non-hydrogen) atoms. The summed E-state index contributed by atoms with van der Waals surface area (Å²) in [6, 6.07) is 10.00. The molecular weight excluding hydrogens is 388 g/mol. The van der Waals surface area contributed by atoms with E-state index in [-0.39, 0.29) is 11.9 Å². The van der Waals surface area contributed by atoms with Crippen molar-refractivity contribution in [2.24, 2.45) is 0 Å². The third-order valence-electron chi connectivity index (χ3n) is 6.16. The van der Waals surface area contributed by atoms with Crippen LogP contribution in [0.2, 0.25) is 0 Å². The molecule has 1 unspecified atom stereocenters. The zero-order chi connectivity index (χ0) is 20.9. The summed E-state index contributed by atoms with van der Waals surface area (Å²) in [5, 5.41) is 0. The number of carbonyl (C=O) groups excluding carboxylic acids is 1. The Morgan fingerprint density at radius 1 is 0.931 bits per heavy atom. The summed E-state index contributed by atoms with van der Waals surface area (Å²) in [5.74, 6) is 0.0604. The van der Waals surface area contributed by atoms with Gasteiger partial charge in [-0.1, -0.05) is 43.2 Å². The van der Waals surface area contributed by atoms with Crippen molar-refractivity contribution < 1.29 is 13.2 Å². The van der Waals surface area contributed by atoms with E-state index in [1.165, 1.54) is 0 Å². The largest absolute Gasteiger partial charge is 0.338 e. The number of piperazine rings is 1. The van der Waals surface area contributed by atoms with Crippen LogP contribution in [0.5, 0.6) is 0 Å². The van der Waals surface area contributed by atoms with Gasteiger partial charge in [-0.2, -0.15) is 17.0 Å². The maximum atomic E-state index is 12.9. The van der Waals surface area contributed by atoms with Crippen LogP contribution in [-0.4, -0.2) is 85.6 Å². The molecule has 2 aliphatic rings. The van der Waals surface area contributed by atoms with Gasteiger partial charge < -0.3 is 4.90 Å². The summed E-state index contributed by atoms with van der Waals surface area (Å²) in [5.41, 5.74) is 1.11. The van der Waals surface area contributed by atoms with Crippen LogP contribution >= 0.6 is 0 Å². The van der Waals surface area contributed by atoms with Crippen LogP contribution in [-0.2, 0) is 15.0 Å². The average molecular weight is 423 g/mol. The highest BCUT2D eigenvalue weighted by Gasteiger charge is 2.33. The molecule has 2 heterocycles. The van der Waals surface area contributed by atoms with Gasteiger partial charge in [-0.3, -0.25) is 9.69 Å². The molecule has 0 bridgehead atoms. The van der Waals surface area contributed by atoms with Gasteiger partial charge in [0.05, 0.1) is 12.6 Å². The van der Waals surface area contributed by atoms with E-state index in [1.807, 2.05) is 44.3 Å². The van der Waals surface area contributed by atoms with Crippen LogP contribution in [0, 0.1) is 0 Å². The monoisotopic (exact) mass is 422 g/mol. The topological polar surface area (TPSA) is 64.2 Å². The molecule has 162 valence electrons. The maximum absolute atomic E-state index is 12.9. The molecule has 0 spiro atoms. The predicted molar refractivity (Wildman–Crippen MR) is 115 cm³/mol. The van der Waals surface area contributed by atoms with Crippen molar-refractivity contribution in [2.45, 2.75) is 38.6 Å². The van der Waals surface area contributed by atoms with Crippen LogP contribution in [0.3, 0.4) is 0 Å². The first kappa shape index (κ1) is 22.2. The second-order valence-electron chi connectivity index (χ2n) is 8.09. The van der Waals surface area contributed by atoms with Crippen molar-refractivity contribution in [2.75, 3.05) is 52.9 Å². The summed E-state index contributed by atoms with van der Waals surface area (Å²) in [7, 11) is -1.55. The van der Waals surface area contributed by atoms with Gasteiger partial charge in [0, 0.05) is 46.3 Å². The van der Waals surface area contributed by atoms with Crippen molar-refractivity contribution >= 4 is 16.1 Å². The first-order valence-electron chi connectivity index (χ1n) is 10.7. The minimum absolute atomic E-state index is 0.00778. The fourth-order valence-electron chi connectivity index (χ4n) is 4.03. The van der Waals surface area contributed by atoms with Crippen LogP contribution in [0.25, 0.3) is 0 Å². The Kier molecular flexibility index (Phi) is 7.67. The van der Waals surface area contributed by atoms with Gasteiger partial charge in [-0.25, -0.2) is 0 Å². The van der Waals surface area contributed by atoms with Crippen LogP contribution in [0.15, 0.2) is 30.3 Å². The van der Waals surface area contributed by atoms with Gasteiger partial charge >= 0.3 is 0 Å². The predicted octanol–water partition coefficient (Wildman–Crippen LogP) is 1.94. The lowest BCUT2D eigenvalue weighted by molar-refractivity contribution is -0.133. The molecule has 7 nitrogen and oxygen atoms in total. The summed E-state index contributed by atoms with van der Waals surface area (Å²) >= 11 is 0. The number of likely N-dealkylation sites (N-methyl/N-ethyl adjacent to an activating group) is 1. The van der Waals surface area contributed by atoms with Gasteiger partial charge in [-0.15, -0.1) is 0 Å². The number of amides is 1. The van der Waals surface area contributed by atoms with Crippen molar-refractivity contribution in [1.82, 2.24) is 18.4 Å². The van der Waals surface area contributed by atoms with Gasteiger partial charge in [-0.05, 0) is 25.3 Å². The Labute approximate surface area is 175 Å². The number of hydrogen-bond acceptors (Lipinski definition) is 4. The van der Waals surface area contributed by atoms with E-state index < -0.39 is 10.2 Å². The van der Waals surface area contributed by atoms with Crippen molar-refractivity contribution in [3.63, 3.8) is 0 Å². The Morgan fingerprint density at radius 2 is 1.48 bits per heavy atom. The van der Waals surface area contributed by atoms with Crippen molar-refractivity contribution in [3.05, 3.63) is 35.9 Å². The SMILES string of the molecule is CC(c1ccccc1)N(C)C(=O)CN1CCN(S(=O)(=O)N2CCCCCC2)CC1. The quantitative estimate of drug-likeness (QED) is 0.703. The highest BCUT2D eigenvalue weighted by atomic mass is 32.2. The van der Waals surface area contributed by atoms with Crippen LogP contribution < -0.4 is 0 Å². The molecule has 0 radical (unpaired) electrons. The molecule has 0 aliphatic carbocycles. The number of carbonyl (C=O) groups is 1. The summed E-state index contributed by atoms with van der Waals surface area (Å²) in [4.78, 5) is 16.6. The van der Waals surface area contributed by atoms with Crippen molar-refractivity contribution in [3.8, 4) is 0 Å². The Balaban J connectivity index is 1.50. The molecule has 0 N–H and O–H groups in total. The first-order chi connectivity index (χ1) is 13.9. The minimum Gasteiger partial charge on any atom is -0.338 e. The van der Waals surface area contributed by atoms with E-state index in [0.29, 0.717) is 45.8 Å².